The standard InChI is InChI=1S/C17H18FN5O.ClH/c1-21(13-10-8-12(18)9-11-13)16-19-20-17(23(16)3)22(2)14-6-4-5-7-15(14)24;/h4-11,24H,1-3H3;1H. The number of aromatic hydroxyl groups is 1. The van der Waals surface area contributed by atoms with Crippen LogP contribution in [0.1, 0.15) is 0 Å². The Morgan fingerprint density at radius 2 is 1.48 bits per heavy atom. The number of anilines is 4. The van der Waals surface area contributed by atoms with E-state index in [9.17, 15) is 9.50 Å². The molecule has 25 heavy (non-hydrogen) atoms. The highest BCUT2D eigenvalue weighted by Crippen LogP contribution is 2.32. The van der Waals surface area contributed by atoms with Gasteiger partial charge in [-0.1, -0.05) is 12.1 Å². The molecule has 0 atom stereocenters. The first-order valence-electron chi connectivity index (χ1n) is 7.39. The molecule has 1 heterocycles. The summed E-state index contributed by atoms with van der Waals surface area (Å²) in [7, 11) is 5.48. The molecule has 6 nitrogen and oxygen atoms in total. The van der Waals surface area contributed by atoms with Gasteiger partial charge in [0.15, 0.2) is 0 Å². The van der Waals surface area contributed by atoms with Crippen molar-refractivity contribution in [3.63, 3.8) is 0 Å². The maximum atomic E-state index is 13.1. The van der Waals surface area contributed by atoms with Gasteiger partial charge in [0.05, 0.1) is 5.69 Å². The van der Waals surface area contributed by atoms with Gasteiger partial charge in [0, 0.05) is 26.8 Å². The Kier molecular flexibility index (Phi) is 5.48. The van der Waals surface area contributed by atoms with Gasteiger partial charge in [0.1, 0.15) is 11.6 Å². The maximum Gasteiger partial charge on any atom is 0.232 e. The quantitative estimate of drug-likeness (QED) is 0.767. The molecule has 0 unspecified atom stereocenters. The Bertz CT molecular complexity index is 852. The summed E-state index contributed by atoms with van der Waals surface area (Å²) in [4.78, 5) is 3.57. The van der Waals surface area contributed by atoms with Crippen LogP contribution in [0, 0.1) is 5.82 Å². The summed E-state index contributed by atoms with van der Waals surface area (Å²) in [5.41, 5.74) is 1.42. The lowest BCUT2D eigenvalue weighted by Gasteiger charge is -2.21. The van der Waals surface area contributed by atoms with Crippen LogP contribution in [-0.4, -0.2) is 34.0 Å². The zero-order valence-electron chi connectivity index (χ0n) is 14.1. The molecule has 132 valence electrons. The van der Waals surface area contributed by atoms with Crippen molar-refractivity contribution in [2.45, 2.75) is 0 Å². The lowest BCUT2D eigenvalue weighted by Crippen LogP contribution is -2.18. The molecule has 0 amide bonds. The minimum atomic E-state index is -0.287. The van der Waals surface area contributed by atoms with Gasteiger partial charge in [0.25, 0.3) is 0 Å². The summed E-state index contributed by atoms with van der Waals surface area (Å²) >= 11 is 0. The van der Waals surface area contributed by atoms with E-state index >= 15 is 0 Å². The van der Waals surface area contributed by atoms with Crippen molar-refractivity contribution in [2.24, 2.45) is 7.05 Å². The molecule has 1 aromatic heterocycles. The van der Waals surface area contributed by atoms with Crippen molar-refractivity contribution in [3.05, 3.63) is 54.3 Å². The van der Waals surface area contributed by atoms with Gasteiger partial charge in [-0.2, -0.15) is 0 Å². The minimum Gasteiger partial charge on any atom is -0.506 e. The molecule has 0 bridgehead atoms. The third-order valence-electron chi connectivity index (χ3n) is 3.89. The summed E-state index contributed by atoms with van der Waals surface area (Å²) in [5, 5.41) is 18.4. The zero-order valence-corrected chi connectivity index (χ0v) is 14.9. The van der Waals surface area contributed by atoms with Gasteiger partial charge < -0.3 is 14.9 Å². The van der Waals surface area contributed by atoms with Gasteiger partial charge in [0.2, 0.25) is 11.9 Å². The predicted octanol–water partition coefficient (Wildman–Crippen LogP) is 3.62. The average Bonchev–Trinajstić information content (AvgIpc) is 2.96. The predicted molar refractivity (Wildman–Crippen MR) is 98.9 cm³/mol. The van der Waals surface area contributed by atoms with E-state index in [1.807, 2.05) is 25.1 Å². The molecule has 0 radical (unpaired) electrons. The van der Waals surface area contributed by atoms with Crippen LogP contribution in [0.3, 0.4) is 0 Å². The molecule has 0 aliphatic rings. The van der Waals surface area contributed by atoms with E-state index in [1.165, 1.54) is 12.1 Å². The molecule has 0 aliphatic heterocycles. The Labute approximate surface area is 151 Å². The number of halogens is 2. The average molecular weight is 364 g/mol. The summed E-state index contributed by atoms with van der Waals surface area (Å²) in [6, 6.07) is 13.2. The lowest BCUT2D eigenvalue weighted by molar-refractivity contribution is 0.476. The molecular formula is C17H19ClFN5O. The molecule has 0 fully saturated rings. The SMILES string of the molecule is CN(c1ccc(F)cc1)c1nnc(N(C)c2ccccc2O)n1C.Cl. The first kappa shape index (κ1) is 18.5. The summed E-state index contributed by atoms with van der Waals surface area (Å²) in [6.45, 7) is 0. The van der Waals surface area contributed by atoms with Gasteiger partial charge in [-0.25, -0.2) is 4.39 Å². The molecule has 1 N–H and O–H groups in total. The molecule has 3 rings (SSSR count). The first-order chi connectivity index (χ1) is 11.5. The maximum absolute atomic E-state index is 13.1. The lowest BCUT2D eigenvalue weighted by atomic mass is 10.3. The first-order valence-corrected chi connectivity index (χ1v) is 7.39. The molecule has 8 heteroatoms. The molecule has 2 aromatic carbocycles. The highest BCUT2D eigenvalue weighted by Gasteiger charge is 2.19. The Balaban J connectivity index is 0.00000225. The number of hydrogen-bond acceptors (Lipinski definition) is 5. The van der Waals surface area contributed by atoms with Gasteiger partial charge >= 0.3 is 0 Å². The largest absolute Gasteiger partial charge is 0.506 e. The van der Waals surface area contributed by atoms with E-state index in [0.29, 0.717) is 17.6 Å². The van der Waals surface area contributed by atoms with Crippen LogP contribution in [0.5, 0.6) is 5.75 Å². The third kappa shape index (κ3) is 3.51. The van der Waals surface area contributed by atoms with Crippen molar-refractivity contribution in [1.29, 1.82) is 0 Å². The van der Waals surface area contributed by atoms with Gasteiger partial charge in [-0.3, -0.25) is 4.57 Å². The van der Waals surface area contributed by atoms with Crippen LogP contribution in [0.25, 0.3) is 0 Å². The highest BCUT2D eigenvalue weighted by atomic mass is 35.5. The second-order valence-corrected chi connectivity index (χ2v) is 5.44. The zero-order chi connectivity index (χ0) is 17.3. The molecular weight excluding hydrogens is 345 g/mol. The van der Waals surface area contributed by atoms with Crippen molar-refractivity contribution in [3.8, 4) is 5.75 Å². The van der Waals surface area contributed by atoms with Crippen LogP contribution in [0.2, 0.25) is 0 Å². The molecule has 3 aromatic rings. The molecule has 0 aliphatic carbocycles. The van der Waals surface area contributed by atoms with E-state index in [-0.39, 0.29) is 24.0 Å². The summed E-state index contributed by atoms with van der Waals surface area (Å²) in [6.07, 6.45) is 0. The van der Waals surface area contributed by atoms with Crippen LogP contribution in [0.15, 0.2) is 48.5 Å². The Morgan fingerprint density at radius 1 is 0.920 bits per heavy atom. The monoisotopic (exact) mass is 363 g/mol. The number of aromatic nitrogens is 3. The highest BCUT2D eigenvalue weighted by molar-refractivity contribution is 5.85. The van der Waals surface area contributed by atoms with Crippen molar-refractivity contribution in [2.75, 3.05) is 23.9 Å². The van der Waals surface area contributed by atoms with Crippen molar-refractivity contribution in [1.82, 2.24) is 14.8 Å². The number of benzene rings is 2. The van der Waals surface area contributed by atoms with Crippen molar-refractivity contribution < 1.29 is 9.50 Å². The number of phenols is 1. The fourth-order valence-electron chi connectivity index (χ4n) is 2.53. The fraction of sp³-hybridized carbons (Fsp3) is 0.176. The summed E-state index contributed by atoms with van der Waals surface area (Å²) in [5.74, 6) is 1.04. The second kappa shape index (κ2) is 7.40. The van der Waals surface area contributed by atoms with E-state index in [1.54, 1.807) is 46.8 Å². The minimum absolute atomic E-state index is 0. The van der Waals surface area contributed by atoms with Gasteiger partial charge in [-0.15, -0.1) is 22.6 Å². The van der Waals surface area contributed by atoms with Crippen LogP contribution < -0.4 is 9.80 Å². The Hall–Kier alpha value is -2.80. The van der Waals surface area contributed by atoms with Crippen LogP contribution in [-0.2, 0) is 7.05 Å². The number of rotatable bonds is 4. The van der Waals surface area contributed by atoms with E-state index in [0.717, 1.165) is 5.69 Å². The number of hydrogen-bond donors (Lipinski definition) is 1. The Morgan fingerprint density at radius 3 is 2.08 bits per heavy atom. The fourth-order valence-corrected chi connectivity index (χ4v) is 2.53. The normalized spacial score (nSPS) is 10.2. The van der Waals surface area contributed by atoms with E-state index in [4.69, 9.17) is 0 Å². The number of phenolic OH excluding ortho intramolecular Hbond substituents is 1. The van der Waals surface area contributed by atoms with E-state index < -0.39 is 0 Å². The van der Waals surface area contributed by atoms with Crippen molar-refractivity contribution >= 4 is 35.7 Å². The summed E-state index contributed by atoms with van der Waals surface area (Å²) < 4.78 is 14.9. The number of nitrogens with zero attached hydrogens (tertiary/aromatic N) is 5. The smallest absolute Gasteiger partial charge is 0.232 e. The number of para-hydroxylation sites is 2. The molecule has 0 saturated heterocycles. The van der Waals surface area contributed by atoms with Gasteiger partial charge in [-0.05, 0) is 36.4 Å². The van der Waals surface area contributed by atoms with E-state index in [2.05, 4.69) is 10.2 Å². The third-order valence-corrected chi connectivity index (χ3v) is 3.89. The topological polar surface area (TPSA) is 57.4 Å². The second-order valence-electron chi connectivity index (χ2n) is 5.44. The van der Waals surface area contributed by atoms with Crippen LogP contribution in [0.4, 0.5) is 27.7 Å². The van der Waals surface area contributed by atoms with Crippen LogP contribution >= 0.6 is 12.4 Å². The molecule has 0 saturated carbocycles. The molecule has 0 spiro atoms.